The van der Waals surface area contributed by atoms with E-state index in [0.29, 0.717) is 33.6 Å². The van der Waals surface area contributed by atoms with Gasteiger partial charge in [-0.05, 0) is 48.9 Å². The van der Waals surface area contributed by atoms with Crippen LogP contribution in [-0.4, -0.2) is 39.8 Å². The number of carbonyl (C=O) groups excluding carboxylic acids is 2. The fraction of sp³-hybridized carbons (Fsp3) is 0.172. The van der Waals surface area contributed by atoms with Crippen LogP contribution in [0.1, 0.15) is 27.6 Å². The van der Waals surface area contributed by atoms with E-state index in [-0.39, 0.29) is 17.7 Å². The Hall–Kier alpha value is -4.50. The highest BCUT2D eigenvalue weighted by atomic mass is 32.1. The Balaban J connectivity index is 1.64. The molecule has 1 amide bonds. The summed E-state index contributed by atoms with van der Waals surface area (Å²) in [6.07, 6.45) is 0. The van der Waals surface area contributed by atoms with Crippen molar-refractivity contribution in [1.82, 2.24) is 0 Å². The van der Waals surface area contributed by atoms with Crippen LogP contribution in [-0.2, 0) is 4.74 Å². The molecule has 0 unspecified atom stereocenters. The lowest BCUT2D eigenvalue weighted by molar-refractivity contribution is 0.0529. The number of methoxy groups -OCH3 is 3. The van der Waals surface area contributed by atoms with Gasteiger partial charge in [0.15, 0.2) is 11.5 Å². The van der Waals surface area contributed by atoms with Gasteiger partial charge >= 0.3 is 5.97 Å². The molecule has 0 saturated carbocycles. The van der Waals surface area contributed by atoms with Crippen LogP contribution in [0.3, 0.4) is 0 Å². The molecule has 0 atom stereocenters. The summed E-state index contributed by atoms with van der Waals surface area (Å²) in [7, 11) is 4.43. The van der Waals surface area contributed by atoms with Crippen LogP contribution in [0.15, 0.2) is 72.1 Å². The molecule has 0 fully saturated rings. The number of anilines is 1. The predicted octanol–water partition coefficient (Wildman–Crippen LogP) is 6.66. The van der Waals surface area contributed by atoms with E-state index >= 15 is 0 Å². The van der Waals surface area contributed by atoms with Crippen molar-refractivity contribution in [3.8, 4) is 39.9 Å². The minimum Gasteiger partial charge on any atom is -0.493 e. The lowest BCUT2D eigenvalue weighted by atomic mass is 10.0. The van der Waals surface area contributed by atoms with Gasteiger partial charge in [-0.25, -0.2) is 4.79 Å². The van der Waals surface area contributed by atoms with E-state index in [1.165, 1.54) is 32.7 Å². The van der Waals surface area contributed by atoms with E-state index in [9.17, 15) is 9.59 Å². The van der Waals surface area contributed by atoms with Gasteiger partial charge in [0.1, 0.15) is 22.1 Å². The molecule has 4 rings (SSSR count). The number of benzene rings is 3. The first kappa shape index (κ1) is 26.6. The SMILES string of the molecule is CCOC(=O)c1c(-c2ccc(Oc3ccccc3)cc2)csc1NC(=O)c1cc(OC)c(OC)c(OC)c1. The zero-order chi connectivity index (χ0) is 27.1. The molecule has 1 heterocycles. The van der Waals surface area contributed by atoms with E-state index < -0.39 is 11.9 Å². The Morgan fingerprint density at radius 2 is 1.47 bits per heavy atom. The number of carbonyl (C=O) groups is 2. The van der Waals surface area contributed by atoms with Gasteiger partial charge < -0.3 is 29.0 Å². The smallest absolute Gasteiger partial charge is 0.341 e. The van der Waals surface area contributed by atoms with Crippen molar-refractivity contribution in [3.63, 3.8) is 0 Å². The summed E-state index contributed by atoms with van der Waals surface area (Å²) in [5.74, 6) is 1.45. The number of para-hydroxylation sites is 1. The van der Waals surface area contributed by atoms with Crippen molar-refractivity contribution in [3.05, 3.63) is 83.2 Å². The van der Waals surface area contributed by atoms with Gasteiger partial charge in [-0.2, -0.15) is 0 Å². The van der Waals surface area contributed by atoms with Crippen LogP contribution in [0.25, 0.3) is 11.1 Å². The van der Waals surface area contributed by atoms with E-state index in [0.717, 1.165) is 11.3 Å². The Kier molecular flexibility index (Phi) is 8.50. The van der Waals surface area contributed by atoms with Gasteiger partial charge in [-0.15, -0.1) is 11.3 Å². The number of nitrogens with one attached hydrogen (secondary N) is 1. The number of thiophene rings is 1. The van der Waals surface area contributed by atoms with Crippen molar-refractivity contribution in [2.24, 2.45) is 0 Å². The standard InChI is InChI=1S/C29H27NO7S/c1-5-36-29(32)25-22(18-11-13-21(14-12-18)37-20-9-7-6-8-10-20)17-38-28(25)30-27(31)19-15-23(33-2)26(35-4)24(16-19)34-3/h6-17H,5H2,1-4H3,(H,30,31). The summed E-state index contributed by atoms with van der Waals surface area (Å²) in [4.78, 5) is 26.2. The minimum atomic E-state index is -0.534. The molecule has 9 heteroatoms. The summed E-state index contributed by atoms with van der Waals surface area (Å²) in [5.41, 5.74) is 1.96. The Bertz CT molecular complexity index is 1390. The monoisotopic (exact) mass is 533 g/mol. The quantitative estimate of drug-likeness (QED) is 0.228. The first-order valence-corrected chi connectivity index (χ1v) is 12.6. The number of ether oxygens (including phenoxy) is 5. The summed E-state index contributed by atoms with van der Waals surface area (Å²) in [6.45, 7) is 1.92. The lowest BCUT2D eigenvalue weighted by Gasteiger charge is -2.14. The second-order valence-electron chi connectivity index (χ2n) is 7.88. The molecule has 196 valence electrons. The van der Waals surface area contributed by atoms with Crippen LogP contribution in [0, 0.1) is 0 Å². The highest BCUT2D eigenvalue weighted by Gasteiger charge is 2.24. The van der Waals surface area contributed by atoms with Crippen molar-refractivity contribution in [2.45, 2.75) is 6.92 Å². The molecule has 0 spiro atoms. The summed E-state index contributed by atoms with van der Waals surface area (Å²) >= 11 is 1.23. The molecule has 0 radical (unpaired) electrons. The first-order chi connectivity index (χ1) is 18.5. The maximum atomic E-state index is 13.2. The average Bonchev–Trinajstić information content (AvgIpc) is 3.36. The molecule has 1 aromatic heterocycles. The van der Waals surface area contributed by atoms with Gasteiger partial charge in [0.2, 0.25) is 5.75 Å². The fourth-order valence-electron chi connectivity index (χ4n) is 3.78. The maximum absolute atomic E-state index is 13.2. The maximum Gasteiger partial charge on any atom is 0.341 e. The molecule has 4 aromatic rings. The molecule has 0 saturated heterocycles. The van der Waals surface area contributed by atoms with Crippen LogP contribution in [0.5, 0.6) is 28.7 Å². The van der Waals surface area contributed by atoms with Gasteiger partial charge in [0, 0.05) is 16.5 Å². The van der Waals surface area contributed by atoms with Crippen molar-refractivity contribution >= 4 is 28.2 Å². The molecule has 1 N–H and O–H groups in total. The van der Waals surface area contributed by atoms with E-state index in [1.54, 1.807) is 19.1 Å². The lowest BCUT2D eigenvalue weighted by Crippen LogP contribution is -2.15. The highest BCUT2D eigenvalue weighted by molar-refractivity contribution is 7.15. The number of amides is 1. The van der Waals surface area contributed by atoms with Crippen molar-refractivity contribution < 1.29 is 33.3 Å². The second-order valence-corrected chi connectivity index (χ2v) is 8.76. The number of rotatable bonds is 10. The summed E-state index contributed by atoms with van der Waals surface area (Å²) in [5, 5.41) is 5.02. The molecule has 0 aliphatic carbocycles. The molecular formula is C29H27NO7S. The van der Waals surface area contributed by atoms with E-state index in [4.69, 9.17) is 23.7 Å². The largest absolute Gasteiger partial charge is 0.493 e. The van der Waals surface area contributed by atoms with Crippen LogP contribution < -0.4 is 24.3 Å². The van der Waals surface area contributed by atoms with E-state index in [1.807, 2.05) is 60.0 Å². The Morgan fingerprint density at radius 1 is 0.842 bits per heavy atom. The van der Waals surface area contributed by atoms with E-state index in [2.05, 4.69) is 5.32 Å². The summed E-state index contributed by atoms with van der Waals surface area (Å²) < 4.78 is 27.2. The molecular weight excluding hydrogens is 506 g/mol. The normalized spacial score (nSPS) is 10.4. The Morgan fingerprint density at radius 3 is 2.05 bits per heavy atom. The predicted molar refractivity (Wildman–Crippen MR) is 146 cm³/mol. The zero-order valence-corrected chi connectivity index (χ0v) is 22.2. The minimum absolute atomic E-state index is 0.193. The molecule has 8 nitrogen and oxygen atoms in total. The average molecular weight is 534 g/mol. The van der Waals surface area contributed by atoms with Crippen molar-refractivity contribution in [1.29, 1.82) is 0 Å². The van der Waals surface area contributed by atoms with Gasteiger partial charge in [-0.1, -0.05) is 30.3 Å². The number of esters is 1. The number of hydrogen-bond acceptors (Lipinski definition) is 8. The molecule has 0 aliphatic heterocycles. The van der Waals surface area contributed by atoms with Gasteiger partial charge in [0.05, 0.1) is 27.9 Å². The zero-order valence-electron chi connectivity index (χ0n) is 21.4. The highest BCUT2D eigenvalue weighted by Crippen LogP contribution is 2.40. The Labute approximate surface area is 224 Å². The number of hydrogen-bond donors (Lipinski definition) is 1. The van der Waals surface area contributed by atoms with Gasteiger partial charge in [0.25, 0.3) is 5.91 Å². The first-order valence-electron chi connectivity index (χ1n) is 11.7. The van der Waals surface area contributed by atoms with Crippen LogP contribution >= 0.6 is 11.3 Å². The second kappa shape index (κ2) is 12.2. The third kappa shape index (κ3) is 5.73. The molecule has 38 heavy (non-hydrogen) atoms. The topological polar surface area (TPSA) is 92.3 Å². The van der Waals surface area contributed by atoms with Crippen LogP contribution in [0.4, 0.5) is 5.00 Å². The molecule has 0 bridgehead atoms. The van der Waals surface area contributed by atoms with Gasteiger partial charge in [-0.3, -0.25) is 4.79 Å². The third-order valence-electron chi connectivity index (χ3n) is 5.57. The van der Waals surface area contributed by atoms with Crippen molar-refractivity contribution in [2.75, 3.05) is 33.3 Å². The van der Waals surface area contributed by atoms with Crippen LogP contribution in [0.2, 0.25) is 0 Å². The fourth-order valence-corrected chi connectivity index (χ4v) is 4.74. The molecule has 3 aromatic carbocycles. The third-order valence-corrected chi connectivity index (χ3v) is 6.46. The summed E-state index contributed by atoms with van der Waals surface area (Å²) in [6, 6.07) is 19.9. The molecule has 0 aliphatic rings.